The fourth-order valence-electron chi connectivity index (χ4n) is 1.86. The fourth-order valence-corrected chi connectivity index (χ4v) is 2.48. The molecule has 1 aromatic carbocycles. The van der Waals surface area contributed by atoms with Gasteiger partial charge in [-0.05, 0) is 12.1 Å². The van der Waals surface area contributed by atoms with Gasteiger partial charge in [0.05, 0.1) is 12.5 Å². The van der Waals surface area contributed by atoms with Crippen LogP contribution in [0.3, 0.4) is 0 Å². The van der Waals surface area contributed by atoms with Crippen LogP contribution in [0.1, 0.15) is 24.1 Å². The zero-order valence-corrected chi connectivity index (χ0v) is 12.6. The molecule has 0 aliphatic rings. The van der Waals surface area contributed by atoms with E-state index in [-0.39, 0.29) is 22.3 Å². The van der Waals surface area contributed by atoms with Crippen LogP contribution in [-0.4, -0.2) is 16.4 Å². The topological polar surface area (TPSA) is 27.1 Å². The highest BCUT2D eigenvalue weighted by Gasteiger charge is 2.22. The van der Waals surface area contributed by atoms with Crippen LogP contribution in [0.5, 0.6) is 5.75 Å². The van der Waals surface area contributed by atoms with E-state index in [1.54, 1.807) is 0 Å². The highest BCUT2D eigenvalue weighted by Crippen LogP contribution is 2.29. The number of para-hydroxylation sites is 1. The Bertz CT molecular complexity index is 576. The van der Waals surface area contributed by atoms with Gasteiger partial charge in [-0.15, -0.1) is 11.6 Å². The monoisotopic (exact) mass is 334 g/mol. The van der Waals surface area contributed by atoms with Crippen molar-refractivity contribution in [2.45, 2.75) is 25.3 Å². The summed E-state index contributed by atoms with van der Waals surface area (Å²) in [4.78, 5) is 0. The van der Waals surface area contributed by atoms with E-state index < -0.39 is 6.43 Å². The summed E-state index contributed by atoms with van der Waals surface area (Å²) in [7, 11) is 0. The van der Waals surface area contributed by atoms with Gasteiger partial charge in [-0.25, -0.2) is 8.78 Å². The lowest BCUT2D eigenvalue weighted by Gasteiger charge is -2.06. The minimum atomic E-state index is -2.68. The van der Waals surface area contributed by atoms with E-state index in [0.29, 0.717) is 19.6 Å². The summed E-state index contributed by atoms with van der Waals surface area (Å²) >= 11 is 11.7. The molecule has 0 amide bonds. The number of halogens is 4. The fraction of sp³-hybridized carbons (Fsp3) is 0.357. The number of ether oxygens (including phenoxy) is 1. The van der Waals surface area contributed by atoms with Gasteiger partial charge in [0.25, 0.3) is 6.43 Å². The van der Waals surface area contributed by atoms with E-state index in [0.717, 1.165) is 5.75 Å². The van der Waals surface area contributed by atoms with Gasteiger partial charge in [0.2, 0.25) is 0 Å². The second-order valence-electron chi connectivity index (χ2n) is 4.33. The zero-order valence-electron chi connectivity index (χ0n) is 11.1. The van der Waals surface area contributed by atoms with E-state index in [9.17, 15) is 8.78 Å². The maximum Gasteiger partial charge on any atom is 0.282 e. The van der Waals surface area contributed by atoms with Gasteiger partial charge in [0.1, 0.15) is 16.6 Å². The summed E-state index contributed by atoms with van der Waals surface area (Å²) in [5.74, 6) is 0.678. The Balaban J connectivity index is 1.91. The molecule has 2 rings (SSSR count). The predicted molar refractivity (Wildman–Crippen MR) is 78.3 cm³/mol. The zero-order chi connectivity index (χ0) is 15.2. The predicted octanol–water partition coefficient (Wildman–Crippen LogP) is 4.68. The minimum Gasteiger partial charge on any atom is -0.494 e. The molecular weight excluding hydrogens is 321 g/mol. The van der Waals surface area contributed by atoms with Crippen molar-refractivity contribution in [1.29, 1.82) is 0 Å². The van der Waals surface area contributed by atoms with Crippen LogP contribution >= 0.6 is 23.2 Å². The summed E-state index contributed by atoms with van der Waals surface area (Å²) in [5.41, 5.74) is -0.156. The molecule has 114 valence electrons. The number of alkyl halides is 3. The number of hydrogen-bond donors (Lipinski definition) is 0. The Morgan fingerprint density at radius 3 is 2.52 bits per heavy atom. The number of rotatable bonds is 7. The number of benzene rings is 1. The largest absolute Gasteiger partial charge is 0.494 e. The Morgan fingerprint density at radius 2 is 1.95 bits per heavy atom. The quantitative estimate of drug-likeness (QED) is 0.543. The molecule has 3 nitrogen and oxygen atoms in total. The normalized spacial score (nSPS) is 11.1. The second-order valence-corrected chi connectivity index (χ2v) is 4.95. The van der Waals surface area contributed by atoms with Crippen LogP contribution in [0.2, 0.25) is 5.15 Å². The van der Waals surface area contributed by atoms with Crippen molar-refractivity contribution in [3.8, 4) is 5.75 Å². The molecule has 1 aromatic heterocycles. The first-order valence-corrected chi connectivity index (χ1v) is 7.31. The van der Waals surface area contributed by atoms with Gasteiger partial charge in [0, 0.05) is 18.5 Å². The average molecular weight is 335 g/mol. The molecule has 2 aromatic rings. The third-order valence-corrected chi connectivity index (χ3v) is 3.57. The van der Waals surface area contributed by atoms with Crippen molar-refractivity contribution in [2.24, 2.45) is 0 Å². The van der Waals surface area contributed by atoms with Crippen LogP contribution in [0.4, 0.5) is 8.78 Å². The summed E-state index contributed by atoms with van der Waals surface area (Å²) in [6.45, 7) is 0.836. The molecule has 0 bridgehead atoms. The average Bonchev–Trinajstić information content (AvgIpc) is 2.81. The van der Waals surface area contributed by atoms with E-state index >= 15 is 0 Å². The molecule has 0 aliphatic carbocycles. The molecule has 0 saturated heterocycles. The lowest BCUT2D eigenvalue weighted by atomic mass is 10.3. The Labute approximate surface area is 131 Å². The third kappa shape index (κ3) is 4.08. The molecule has 0 unspecified atom stereocenters. The molecule has 7 heteroatoms. The van der Waals surface area contributed by atoms with E-state index in [2.05, 4.69) is 5.10 Å². The van der Waals surface area contributed by atoms with Crippen molar-refractivity contribution in [2.75, 3.05) is 6.61 Å². The van der Waals surface area contributed by atoms with Gasteiger partial charge in [-0.3, -0.25) is 4.68 Å². The summed E-state index contributed by atoms with van der Waals surface area (Å²) < 4.78 is 32.5. The Hall–Kier alpha value is -1.33. The van der Waals surface area contributed by atoms with Crippen LogP contribution in [0, 0.1) is 0 Å². The van der Waals surface area contributed by atoms with Crippen molar-refractivity contribution in [3.63, 3.8) is 0 Å². The second kappa shape index (κ2) is 7.61. The summed E-state index contributed by atoms with van der Waals surface area (Å²) in [5, 5.41) is 3.99. The van der Waals surface area contributed by atoms with Crippen molar-refractivity contribution < 1.29 is 13.5 Å². The molecule has 1 heterocycles. The molecule has 0 radical (unpaired) electrons. The molecule has 0 N–H and O–H groups in total. The van der Waals surface area contributed by atoms with Crippen molar-refractivity contribution in [1.82, 2.24) is 9.78 Å². The first-order valence-electron chi connectivity index (χ1n) is 6.40. The van der Waals surface area contributed by atoms with Crippen LogP contribution in [0.15, 0.2) is 30.3 Å². The number of nitrogens with zero attached hydrogens (tertiary/aromatic N) is 2. The van der Waals surface area contributed by atoms with Crippen LogP contribution < -0.4 is 4.74 Å². The molecule has 0 aliphatic heterocycles. The molecule has 0 fully saturated rings. The van der Waals surface area contributed by atoms with Gasteiger partial charge >= 0.3 is 0 Å². The highest BCUT2D eigenvalue weighted by molar-refractivity contribution is 6.31. The summed E-state index contributed by atoms with van der Waals surface area (Å²) in [6, 6.07) is 9.35. The van der Waals surface area contributed by atoms with E-state index in [1.807, 2.05) is 30.3 Å². The Kier molecular flexibility index (Phi) is 5.82. The number of aromatic nitrogens is 2. The van der Waals surface area contributed by atoms with Crippen molar-refractivity contribution in [3.05, 3.63) is 46.7 Å². The number of hydrogen-bond acceptors (Lipinski definition) is 2. The Morgan fingerprint density at radius 1 is 1.24 bits per heavy atom. The first-order chi connectivity index (χ1) is 10.1. The maximum absolute atomic E-state index is 12.8. The smallest absolute Gasteiger partial charge is 0.282 e. The molecular formula is C14H14Cl2F2N2O. The molecule has 0 saturated carbocycles. The standard InChI is InChI=1S/C14H14Cl2F2N2O/c15-9-11-12(14(17)18)19-20(13(11)16)7-4-8-21-10-5-2-1-3-6-10/h1-3,5-6,14H,4,7-9H2. The highest BCUT2D eigenvalue weighted by atomic mass is 35.5. The summed E-state index contributed by atoms with van der Waals surface area (Å²) in [6.07, 6.45) is -2.08. The lowest BCUT2D eigenvalue weighted by molar-refractivity contribution is 0.144. The SMILES string of the molecule is FC(F)c1nn(CCCOc2ccccc2)c(Cl)c1CCl. The molecule has 0 atom stereocenters. The lowest BCUT2D eigenvalue weighted by Crippen LogP contribution is -2.06. The number of aryl methyl sites for hydroxylation is 1. The van der Waals surface area contributed by atoms with Crippen LogP contribution in [-0.2, 0) is 12.4 Å². The molecule has 0 spiro atoms. The maximum atomic E-state index is 12.8. The van der Waals surface area contributed by atoms with Crippen LogP contribution in [0.25, 0.3) is 0 Å². The third-order valence-electron chi connectivity index (χ3n) is 2.88. The molecule has 21 heavy (non-hydrogen) atoms. The van der Waals surface area contributed by atoms with E-state index in [4.69, 9.17) is 27.9 Å². The van der Waals surface area contributed by atoms with E-state index in [1.165, 1.54) is 4.68 Å². The van der Waals surface area contributed by atoms with Gasteiger partial charge in [-0.2, -0.15) is 5.10 Å². The van der Waals surface area contributed by atoms with Crippen molar-refractivity contribution >= 4 is 23.2 Å². The first kappa shape index (κ1) is 16.0. The van der Waals surface area contributed by atoms with Gasteiger partial charge in [0.15, 0.2) is 0 Å². The van der Waals surface area contributed by atoms with Gasteiger partial charge < -0.3 is 4.74 Å². The van der Waals surface area contributed by atoms with Gasteiger partial charge in [-0.1, -0.05) is 29.8 Å². The minimum absolute atomic E-state index is 0.0843.